The zero-order chi connectivity index (χ0) is 14.8. The summed E-state index contributed by atoms with van der Waals surface area (Å²) in [7, 11) is 0. The Bertz CT molecular complexity index is 526. The number of anilines is 1. The van der Waals surface area contributed by atoms with Crippen LogP contribution in [-0.2, 0) is 4.74 Å². The Balaban J connectivity index is 2.95. The van der Waals surface area contributed by atoms with Crippen LogP contribution < -0.4 is 5.32 Å². The molecule has 1 aromatic carbocycles. The maximum Gasteiger partial charge on any atom is 0.412 e. The van der Waals surface area contributed by atoms with Crippen LogP contribution in [0.2, 0.25) is 0 Å². The van der Waals surface area contributed by atoms with E-state index in [0.717, 1.165) is 12.1 Å². The molecular formula is C11H12F2N2O4. The molecule has 1 rings (SSSR count). The number of nitro groups is 1. The van der Waals surface area contributed by atoms with Gasteiger partial charge in [-0.25, -0.2) is 9.18 Å². The lowest BCUT2D eigenvalue weighted by molar-refractivity contribution is -0.387. The van der Waals surface area contributed by atoms with Gasteiger partial charge >= 0.3 is 11.8 Å². The molecule has 0 heterocycles. The SMILES string of the molecule is CC(C)(C)OC(=O)Nc1ccc([N+](=O)[O-])c(F)c1F. The Morgan fingerprint density at radius 1 is 1.32 bits per heavy atom. The molecule has 0 unspecified atom stereocenters. The van der Waals surface area contributed by atoms with E-state index in [2.05, 4.69) is 0 Å². The molecule has 0 aliphatic heterocycles. The van der Waals surface area contributed by atoms with Gasteiger partial charge in [-0.2, -0.15) is 4.39 Å². The van der Waals surface area contributed by atoms with Crippen molar-refractivity contribution in [3.8, 4) is 0 Å². The number of halogens is 2. The van der Waals surface area contributed by atoms with Crippen molar-refractivity contribution in [2.24, 2.45) is 0 Å². The standard InChI is InChI=1S/C11H12F2N2O4/c1-11(2,3)19-10(16)14-6-4-5-7(15(17)18)9(13)8(6)12/h4-5H,1-3H3,(H,14,16). The largest absolute Gasteiger partial charge is 0.444 e. The van der Waals surface area contributed by atoms with E-state index in [9.17, 15) is 23.7 Å². The lowest BCUT2D eigenvalue weighted by atomic mass is 10.2. The summed E-state index contributed by atoms with van der Waals surface area (Å²) in [6, 6.07) is 1.64. The van der Waals surface area contributed by atoms with Crippen molar-refractivity contribution in [2.45, 2.75) is 26.4 Å². The third-order valence-electron chi connectivity index (χ3n) is 1.89. The second kappa shape index (κ2) is 5.17. The number of amides is 1. The average Bonchev–Trinajstić information content (AvgIpc) is 2.21. The third kappa shape index (κ3) is 3.87. The molecular weight excluding hydrogens is 262 g/mol. The van der Waals surface area contributed by atoms with Crippen LogP contribution in [0.15, 0.2) is 12.1 Å². The Hall–Kier alpha value is -2.25. The first-order valence-electron chi connectivity index (χ1n) is 5.24. The van der Waals surface area contributed by atoms with Crippen molar-refractivity contribution in [3.05, 3.63) is 33.9 Å². The molecule has 1 N–H and O–H groups in total. The van der Waals surface area contributed by atoms with Gasteiger partial charge in [0, 0.05) is 6.07 Å². The molecule has 0 aliphatic carbocycles. The number of carbonyl (C=O) groups is 1. The van der Waals surface area contributed by atoms with Gasteiger partial charge in [-0.15, -0.1) is 0 Å². The number of nitrogens with one attached hydrogen (secondary N) is 1. The highest BCUT2D eigenvalue weighted by Gasteiger charge is 2.23. The van der Waals surface area contributed by atoms with E-state index in [0.29, 0.717) is 0 Å². The maximum atomic E-state index is 13.5. The van der Waals surface area contributed by atoms with Gasteiger partial charge in [-0.3, -0.25) is 15.4 Å². The highest BCUT2D eigenvalue weighted by molar-refractivity contribution is 5.85. The highest BCUT2D eigenvalue weighted by atomic mass is 19.2. The first kappa shape index (κ1) is 14.8. The van der Waals surface area contributed by atoms with E-state index in [1.807, 2.05) is 5.32 Å². The quantitative estimate of drug-likeness (QED) is 0.663. The average molecular weight is 274 g/mol. The van der Waals surface area contributed by atoms with E-state index in [4.69, 9.17) is 4.74 Å². The Morgan fingerprint density at radius 2 is 1.89 bits per heavy atom. The Labute approximate surface area is 107 Å². The first-order chi connectivity index (χ1) is 8.61. The van der Waals surface area contributed by atoms with Crippen LogP contribution in [0.5, 0.6) is 0 Å². The Kier molecular flexibility index (Phi) is 4.03. The number of ether oxygens (including phenoxy) is 1. The molecule has 0 bridgehead atoms. The minimum absolute atomic E-state index is 0.530. The van der Waals surface area contributed by atoms with E-state index < -0.39 is 39.6 Å². The summed E-state index contributed by atoms with van der Waals surface area (Å²) < 4.78 is 31.6. The molecule has 0 saturated carbocycles. The molecule has 1 amide bonds. The van der Waals surface area contributed by atoms with Crippen molar-refractivity contribution in [3.63, 3.8) is 0 Å². The number of carbonyl (C=O) groups excluding carboxylic acids is 1. The van der Waals surface area contributed by atoms with Gasteiger partial charge in [-0.1, -0.05) is 0 Å². The van der Waals surface area contributed by atoms with Gasteiger partial charge in [0.1, 0.15) is 5.60 Å². The van der Waals surface area contributed by atoms with Crippen LogP contribution in [-0.4, -0.2) is 16.6 Å². The molecule has 1 aromatic rings. The monoisotopic (exact) mass is 274 g/mol. The van der Waals surface area contributed by atoms with Crippen LogP contribution in [0, 0.1) is 21.7 Å². The highest BCUT2D eigenvalue weighted by Crippen LogP contribution is 2.26. The van der Waals surface area contributed by atoms with Crippen LogP contribution in [0.4, 0.5) is 25.0 Å². The molecule has 0 radical (unpaired) electrons. The van der Waals surface area contributed by atoms with E-state index in [1.165, 1.54) is 0 Å². The minimum Gasteiger partial charge on any atom is -0.444 e. The first-order valence-corrected chi connectivity index (χ1v) is 5.24. The van der Waals surface area contributed by atoms with Gasteiger partial charge in [0.15, 0.2) is 5.82 Å². The number of nitro benzene ring substituents is 1. The number of benzene rings is 1. The Morgan fingerprint density at radius 3 is 2.37 bits per heavy atom. The molecule has 0 aromatic heterocycles. The fourth-order valence-electron chi connectivity index (χ4n) is 1.19. The summed E-state index contributed by atoms with van der Waals surface area (Å²) in [5.41, 5.74) is -2.34. The zero-order valence-corrected chi connectivity index (χ0v) is 10.5. The molecule has 6 nitrogen and oxygen atoms in total. The summed E-state index contributed by atoms with van der Waals surface area (Å²) in [5, 5.41) is 12.4. The van der Waals surface area contributed by atoms with Crippen LogP contribution in [0.25, 0.3) is 0 Å². The number of nitrogens with zero attached hydrogens (tertiary/aromatic N) is 1. The lowest BCUT2D eigenvalue weighted by Crippen LogP contribution is -2.27. The minimum atomic E-state index is -1.64. The van der Waals surface area contributed by atoms with Gasteiger partial charge in [0.05, 0.1) is 10.6 Å². The van der Waals surface area contributed by atoms with Crippen molar-refractivity contribution in [1.82, 2.24) is 0 Å². The zero-order valence-electron chi connectivity index (χ0n) is 10.5. The normalized spacial score (nSPS) is 11.0. The summed E-state index contributed by atoms with van der Waals surface area (Å²) >= 11 is 0. The lowest BCUT2D eigenvalue weighted by Gasteiger charge is -2.19. The smallest absolute Gasteiger partial charge is 0.412 e. The second-order valence-corrected chi connectivity index (χ2v) is 4.64. The molecule has 0 spiro atoms. The number of hydrogen-bond donors (Lipinski definition) is 1. The molecule has 0 fully saturated rings. The molecule has 0 saturated heterocycles. The molecule has 0 aliphatic rings. The second-order valence-electron chi connectivity index (χ2n) is 4.64. The summed E-state index contributed by atoms with van der Waals surface area (Å²) in [6.07, 6.45) is -0.986. The predicted octanol–water partition coefficient (Wildman–Crippen LogP) is 3.22. The van der Waals surface area contributed by atoms with Gasteiger partial charge < -0.3 is 4.74 Å². The summed E-state index contributed by atoms with van der Waals surface area (Å²) in [4.78, 5) is 20.7. The van der Waals surface area contributed by atoms with Gasteiger partial charge in [0.2, 0.25) is 5.82 Å². The van der Waals surface area contributed by atoms with Crippen LogP contribution >= 0.6 is 0 Å². The summed E-state index contributed by atoms with van der Waals surface area (Å²) in [6.45, 7) is 4.79. The van der Waals surface area contributed by atoms with Crippen LogP contribution in [0.3, 0.4) is 0 Å². The van der Waals surface area contributed by atoms with Crippen molar-refractivity contribution < 1.29 is 23.2 Å². The van der Waals surface area contributed by atoms with Gasteiger partial charge in [0.25, 0.3) is 0 Å². The van der Waals surface area contributed by atoms with Crippen LogP contribution in [0.1, 0.15) is 20.8 Å². The predicted molar refractivity (Wildman–Crippen MR) is 62.9 cm³/mol. The van der Waals surface area contributed by atoms with Crippen molar-refractivity contribution in [2.75, 3.05) is 5.32 Å². The summed E-state index contributed by atoms with van der Waals surface area (Å²) in [5.74, 6) is -3.15. The van der Waals surface area contributed by atoms with E-state index in [-0.39, 0.29) is 0 Å². The molecule has 0 atom stereocenters. The topological polar surface area (TPSA) is 81.5 Å². The molecule has 8 heteroatoms. The van der Waals surface area contributed by atoms with Crippen molar-refractivity contribution in [1.29, 1.82) is 0 Å². The van der Waals surface area contributed by atoms with Crippen molar-refractivity contribution >= 4 is 17.5 Å². The third-order valence-corrected chi connectivity index (χ3v) is 1.89. The van der Waals surface area contributed by atoms with Gasteiger partial charge in [-0.05, 0) is 26.8 Å². The molecule has 104 valence electrons. The van der Waals surface area contributed by atoms with E-state index in [1.54, 1.807) is 20.8 Å². The maximum absolute atomic E-state index is 13.5. The number of hydrogen-bond acceptors (Lipinski definition) is 4. The molecule has 19 heavy (non-hydrogen) atoms. The fourth-order valence-corrected chi connectivity index (χ4v) is 1.19. The van der Waals surface area contributed by atoms with E-state index >= 15 is 0 Å². The fraction of sp³-hybridized carbons (Fsp3) is 0.364. The number of rotatable bonds is 2.